The number of pyridine rings is 1. The zero-order valence-corrected chi connectivity index (χ0v) is 25.2. The number of nitrogens with zero attached hydrogens (tertiary/aromatic N) is 6. The molecular weight excluding hydrogens is 567 g/mol. The first-order valence-electron chi connectivity index (χ1n) is 14.6. The summed E-state index contributed by atoms with van der Waals surface area (Å²) in [4.78, 5) is 20.5. The molecule has 0 saturated carbocycles. The van der Waals surface area contributed by atoms with Gasteiger partial charge in [-0.15, -0.1) is 0 Å². The van der Waals surface area contributed by atoms with Gasteiger partial charge in [-0.1, -0.05) is 23.7 Å². The largest absolute Gasteiger partial charge is 0.494 e. The minimum absolute atomic E-state index is 0.325. The lowest BCUT2D eigenvalue weighted by Crippen LogP contribution is -2.52. The predicted octanol–water partition coefficient (Wildman–Crippen LogP) is 6.04. The second-order valence-electron chi connectivity index (χ2n) is 11.0. The van der Waals surface area contributed by atoms with Crippen LogP contribution in [0.15, 0.2) is 67.1 Å². The number of aromatic nitrogens is 3. The molecule has 2 aliphatic heterocycles. The molecule has 0 unspecified atom stereocenters. The van der Waals surface area contributed by atoms with Gasteiger partial charge in [-0.05, 0) is 50.2 Å². The molecule has 2 saturated heterocycles. The van der Waals surface area contributed by atoms with E-state index >= 15 is 0 Å². The number of methoxy groups -OCH3 is 1. The molecule has 2 fully saturated rings. The number of anilines is 5. The lowest BCUT2D eigenvalue weighted by molar-refractivity contribution is 0.0982. The van der Waals surface area contributed by atoms with E-state index in [0.29, 0.717) is 45.4 Å². The molecule has 224 valence electrons. The molecule has 0 aliphatic carbocycles. The molecule has 0 bridgehead atoms. The first kappa shape index (κ1) is 29.1. The maximum Gasteiger partial charge on any atom is 0.144 e. The first-order valence-corrected chi connectivity index (χ1v) is 15.0. The number of hydrogen-bond donors (Lipinski definition) is 2. The third-order valence-electron chi connectivity index (χ3n) is 8.24. The number of hydrogen-bond acceptors (Lipinski definition) is 9. The highest BCUT2D eigenvalue weighted by molar-refractivity contribution is 6.33. The number of likely N-dealkylation sites (N-methyl/N-ethyl adjacent to an activating group) is 1. The summed E-state index contributed by atoms with van der Waals surface area (Å²) in [6.07, 6.45) is 5.35. The first-order chi connectivity index (χ1) is 21.0. The van der Waals surface area contributed by atoms with E-state index in [0.717, 1.165) is 63.5 Å². The van der Waals surface area contributed by atoms with Gasteiger partial charge < -0.3 is 25.2 Å². The molecule has 11 heteroatoms. The van der Waals surface area contributed by atoms with Crippen molar-refractivity contribution in [2.24, 2.45) is 0 Å². The minimum Gasteiger partial charge on any atom is -0.494 e. The Balaban J connectivity index is 1.13. The Labute approximate surface area is 256 Å². The molecule has 4 aromatic rings. The van der Waals surface area contributed by atoms with Gasteiger partial charge in [-0.2, -0.15) is 0 Å². The van der Waals surface area contributed by atoms with Gasteiger partial charge in [-0.3, -0.25) is 9.88 Å². The van der Waals surface area contributed by atoms with Gasteiger partial charge in [0.05, 0.1) is 29.2 Å². The van der Waals surface area contributed by atoms with Crippen molar-refractivity contribution in [2.75, 3.05) is 69.0 Å². The van der Waals surface area contributed by atoms with Crippen LogP contribution in [0.5, 0.6) is 5.75 Å². The maximum absolute atomic E-state index is 14.3. The normalized spacial score (nSPS) is 16.7. The second-order valence-corrected chi connectivity index (χ2v) is 11.4. The van der Waals surface area contributed by atoms with Gasteiger partial charge in [0.2, 0.25) is 0 Å². The van der Waals surface area contributed by atoms with E-state index in [1.807, 2.05) is 12.1 Å². The van der Waals surface area contributed by atoms with E-state index in [2.05, 4.69) is 47.3 Å². The summed E-state index contributed by atoms with van der Waals surface area (Å²) in [5.74, 6) is 1.48. The van der Waals surface area contributed by atoms with Gasteiger partial charge in [0.1, 0.15) is 29.5 Å². The SMILES string of the molecule is COc1cc(N2CCC(N3CCN(C)CC3)CC2)c(Cl)cc1Nc1cc(Nc2ccnc(-c3ccccc3F)c2)ncn1. The molecule has 2 aromatic heterocycles. The molecule has 2 aromatic carbocycles. The van der Waals surface area contributed by atoms with Crippen LogP contribution in [0, 0.1) is 5.82 Å². The average Bonchev–Trinajstić information content (AvgIpc) is 3.02. The number of benzene rings is 2. The highest BCUT2D eigenvalue weighted by Crippen LogP contribution is 2.39. The zero-order valence-electron chi connectivity index (χ0n) is 24.4. The van der Waals surface area contributed by atoms with E-state index in [1.165, 1.54) is 12.4 Å². The fraction of sp³-hybridized carbons (Fsp3) is 0.344. The van der Waals surface area contributed by atoms with E-state index in [-0.39, 0.29) is 5.82 Å². The van der Waals surface area contributed by atoms with Gasteiger partial charge in [-0.25, -0.2) is 14.4 Å². The Bertz CT molecular complexity index is 1560. The van der Waals surface area contributed by atoms with Crippen LogP contribution in [0.3, 0.4) is 0 Å². The molecule has 0 radical (unpaired) electrons. The van der Waals surface area contributed by atoms with Crippen molar-refractivity contribution >= 4 is 40.3 Å². The Morgan fingerprint density at radius 3 is 2.37 bits per heavy atom. The fourth-order valence-corrected chi connectivity index (χ4v) is 6.10. The van der Waals surface area contributed by atoms with Gasteiger partial charge in [0, 0.05) is 74.9 Å². The number of rotatable bonds is 8. The molecule has 0 atom stereocenters. The molecule has 4 heterocycles. The molecule has 6 rings (SSSR count). The van der Waals surface area contributed by atoms with Crippen LogP contribution >= 0.6 is 11.6 Å². The highest BCUT2D eigenvalue weighted by atomic mass is 35.5. The quantitative estimate of drug-likeness (QED) is 0.251. The molecule has 2 aliphatic rings. The summed E-state index contributed by atoms with van der Waals surface area (Å²) >= 11 is 6.84. The lowest BCUT2D eigenvalue weighted by Gasteiger charge is -2.42. The summed E-state index contributed by atoms with van der Waals surface area (Å²) in [6, 6.07) is 16.5. The van der Waals surface area contributed by atoms with Crippen molar-refractivity contribution < 1.29 is 9.13 Å². The molecule has 43 heavy (non-hydrogen) atoms. The summed E-state index contributed by atoms with van der Waals surface area (Å²) in [7, 11) is 3.85. The number of piperidine rings is 1. The van der Waals surface area contributed by atoms with Gasteiger partial charge >= 0.3 is 0 Å². The van der Waals surface area contributed by atoms with Crippen LogP contribution in [0.4, 0.5) is 33.1 Å². The minimum atomic E-state index is -0.325. The second kappa shape index (κ2) is 13.1. The van der Waals surface area contributed by atoms with Crippen molar-refractivity contribution in [3.05, 3.63) is 78.0 Å². The van der Waals surface area contributed by atoms with E-state index < -0.39 is 0 Å². The van der Waals surface area contributed by atoms with E-state index in [1.54, 1.807) is 49.7 Å². The maximum atomic E-state index is 14.3. The molecule has 2 N–H and O–H groups in total. The molecule has 9 nitrogen and oxygen atoms in total. The molecule has 0 spiro atoms. The van der Waals surface area contributed by atoms with Crippen molar-refractivity contribution in [3.63, 3.8) is 0 Å². The highest BCUT2D eigenvalue weighted by Gasteiger charge is 2.28. The fourth-order valence-electron chi connectivity index (χ4n) is 5.81. The Hall–Kier alpha value is -3.99. The van der Waals surface area contributed by atoms with Crippen LogP contribution in [0.25, 0.3) is 11.3 Å². The van der Waals surface area contributed by atoms with Gasteiger partial charge in [0.15, 0.2) is 0 Å². The number of halogens is 2. The summed E-state index contributed by atoms with van der Waals surface area (Å²) in [5, 5.41) is 7.24. The van der Waals surface area contributed by atoms with Crippen molar-refractivity contribution in [3.8, 4) is 17.0 Å². The summed E-state index contributed by atoms with van der Waals surface area (Å²) < 4.78 is 20.1. The van der Waals surface area contributed by atoms with Crippen molar-refractivity contribution in [1.29, 1.82) is 0 Å². The van der Waals surface area contributed by atoms with Crippen molar-refractivity contribution in [2.45, 2.75) is 18.9 Å². The van der Waals surface area contributed by atoms with Crippen LogP contribution in [0.1, 0.15) is 12.8 Å². The van der Waals surface area contributed by atoms with Crippen LogP contribution < -0.4 is 20.3 Å². The summed E-state index contributed by atoms with van der Waals surface area (Å²) in [6.45, 7) is 6.49. The lowest BCUT2D eigenvalue weighted by atomic mass is 10.0. The monoisotopic (exact) mass is 602 g/mol. The predicted molar refractivity (Wildman–Crippen MR) is 171 cm³/mol. The average molecular weight is 603 g/mol. The zero-order chi connectivity index (χ0) is 29.8. The molecule has 0 amide bonds. The summed E-state index contributed by atoms with van der Waals surface area (Å²) in [5.41, 5.74) is 3.37. The Morgan fingerprint density at radius 2 is 1.63 bits per heavy atom. The Morgan fingerprint density at radius 1 is 0.884 bits per heavy atom. The van der Waals surface area contributed by atoms with Crippen LogP contribution in [-0.2, 0) is 0 Å². The number of piperazine rings is 1. The van der Waals surface area contributed by atoms with E-state index in [9.17, 15) is 4.39 Å². The van der Waals surface area contributed by atoms with Crippen molar-refractivity contribution in [1.82, 2.24) is 24.8 Å². The van der Waals surface area contributed by atoms with E-state index in [4.69, 9.17) is 16.3 Å². The third-order valence-corrected chi connectivity index (χ3v) is 8.54. The van der Waals surface area contributed by atoms with Crippen LogP contribution in [0.2, 0.25) is 5.02 Å². The van der Waals surface area contributed by atoms with Gasteiger partial charge in [0.25, 0.3) is 0 Å². The third kappa shape index (κ3) is 6.82. The standard InChI is InChI=1S/C32H36ClFN8O/c1-40-13-15-41(16-14-40)23-8-11-42(12-9-23)29-19-30(43-2)28(18-25(29)33)39-32-20-31(36-21-37-32)38-22-7-10-35-27(17-22)24-5-3-4-6-26(24)34/h3-7,10,17-21,23H,8-9,11-16H2,1-2H3,(H2,35,36,37,38,39). The molecular formula is C32H36ClFN8O. The van der Waals surface area contributed by atoms with Crippen LogP contribution in [-0.4, -0.2) is 84.2 Å². The Kier molecular flexibility index (Phi) is 8.87. The smallest absolute Gasteiger partial charge is 0.144 e. The topological polar surface area (TPSA) is 81.7 Å². The number of ether oxygens (including phenoxy) is 1. The number of nitrogens with one attached hydrogen (secondary N) is 2.